The molecule has 8 heteroatoms. The normalized spacial score (nSPS) is 10.6. The van der Waals surface area contributed by atoms with E-state index in [2.05, 4.69) is 15.8 Å². The molecule has 0 fully saturated rings. The molecule has 4 aromatic rings. The number of hydrogen-bond acceptors (Lipinski definition) is 5. The molecule has 0 atom stereocenters. The second-order valence-corrected chi connectivity index (χ2v) is 8.47. The molecule has 0 bridgehead atoms. The molecule has 184 valence electrons. The first kappa shape index (κ1) is 25.3. The van der Waals surface area contributed by atoms with E-state index in [0.717, 1.165) is 5.56 Å². The van der Waals surface area contributed by atoms with Gasteiger partial charge < -0.3 is 10.1 Å². The smallest absolute Gasteiger partial charge is 0.343 e. The van der Waals surface area contributed by atoms with E-state index in [0.29, 0.717) is 33.0 Å². The minimum Gasteiger partial charge on any atom is -0.422 e. The average Bonchev–Trinajstić information content (AvgIpc) is 2.91. The first-order valence-electron chi connectivity index (χ1n) is 11.3. The van der Waals surface area contributed by atoms with Crippen molar-refractivity contribution in [3.63, 3.8) is 0 Å². The summed E-state index contributed by atoms with van der Waals surface area (Å²) in [6.45, 7) is 1.93. The minimum atomic E-state index is -0.527. The van der Waals surface area contributed by atoms with Gasteiger partial charge in [-0.05, 0) is 73.7 Å². The van der Waals surface area contributed by atoms with E-state index < -0.39 is 11.9 Å². The first-order chi connectivity index (χ1) is 17.9. The van der Waals surface area contributed by atoms with Crippen LogP contribution in [0.15, 0.2) is 102 Å². The van der Waals surface area contributed by atoms with Crippen LogP contribution in [-0.4, -0.2) is 24.0 Å². The molecule has 0 aliphatic rings. The Labute approximate surface area is 218 Å². The third-order valence-electron chi connectivity index (χ3n) is 5.27. The van der Waals surface area contributed by atoms with Crippen molar-refractivity contribution in [1.29, 1.82) is 0 Å². The van der Waals surface area contributed by atoms with Gasteiger partial charge in [0.25, 0.3) is 11.8 Å². The van der Waals surface area contributed by atoms with E-state index >= 15 is 0 Å². The topological polar surface area (TPSA) is 96.9 Å². The number of esters is 1. The number of nitrogens with zero attached hydrogens (tertiary/aromatic N) is 1. The fourth-order valence-corrected chi connectivity index (χ4v) is 3.46. The van der Waals surface area contributed by atoms with Gasteiger partial charge in [-0.15, -0.1) is 0 Å². The number of hydrogen-bond donors (Lipinski definition) is 2. The van der Waals surface area contributed by atoms with Crippen molar-refractivity contribution in [2.24, 2.45) is 5.10 Å². The van der Waals surface area contributed by atoms with Crippen molar-refractivity contribution in [3.05, 3.63) is 130 Å². The van der Waals surface area contributed by atoms with Crippen molar-refractivity contribution < 1.29 is 19.1 Å². The molecule has 37 heavy (non-hydrogen) atoms. The third kappa shape index (κ3) is 6.90. The van der Waals surface area contributed by atoms with E-state index in [9.17, 15) is 14.4 Å². The monoisotopic (exact) mass is 511 g/mol. The third-order valence-corrected chi connectivity index (χ3v) is 5.51. The zero-order chi connectivity index (χ0) is 26.2. The summed E-state index contributed by atoms with van der Waals surface area (Å²) in [5.74, 6) is -0.993. The van der Waals surface area contributed by atoms with E-state index in [1.165, 1.54) is 6.21 Å². The number of nitrogens with one attached hydrogen (secondary N) is 2. The molecule has 0 saturated heterocycles. The number of halogens is 1. The molecule has 2 amide bonds. The molecule has 0 radical (unpaired) electrons. The number of anilines is 1. The minimum absolute atomic E-state index is 0.242. The number of carbonyl (C=O) groups is 3. The van der Waals surface area contributed by atoms with Gasteiger partial charge in [0.05, 0.1) is 11.8 Å². The number of carbonyl (C=O) groups excluding carboxylic acids is 3. The summed E-state index contributed by atoms with van der Waals surface area (Å²) in [5, 5.41) is 7.17. The standard InChI is InChI=1S/C29H22ClN3O4/c1-19-7-9-22(10-8-19)29(36)37-26-16-13-24(30)17-23(26)18-31-33-28(35)21-11-14-25(15-12-21)32-27(34)20-5-3-2-4-6-20/h2-18H,1H3,(H,32,34)(H,33,35)/b31-18+. The molecule has 0 unspecified atom stereocenters. The van der Waals surface area contributed by atoms with Crippen molar-refractivity contribution in [1.82, 2.24) is 5.43 Å². The lowest BCUT2D eigenvalue weighted by atomic mass is 10.1. The van der Waals surface area contributed by atoms with Gasteiger partial charge in [0, 0.05) is 27.4 Å². The van der Waals surface area contributed by atoms with Crippen molar-refractivity contribution in [2.45, 2.75) is 6.92 Å². The number of rotatable bonds is 7. The molecule has 0 aromatic heterocycles. The number of ether oxygens (including phenoxy) is 1. The lowest BCUT2D eigenvalue weighted by molar-refractivity contribution is 0.0734. The number of aryl methyl sites for hydroxylation is 1. The average molecular weight is 512 g/mol. The zero-order valence-corrected chi connectivity index (χ0v) is 20.5. The molecule has 2 N–H and O–H groups in total. The zero-order valence-electron chi connectivity index (χ0n) is 19.8. The molecule has 0 saturated carbocycles. The summed E-state index contributed by atoms with van der Waals surface area (Å²) < 4.78 is 5.51. The summed E-state index contributed by atoms with van der Waals surface area (Å²) in [5.41, 5.74) is 5.69. The highest BCUT2D eigenvalue weighted by atomic mass is 35.5. The molecule has 0 heterocycles. The van der Waals surface area contributed by atoms with Crippen LogP contribution in [0.3, 0.4) is 0 Å². The maximum Gasteiger partial charge on any atom is 0.343 e. The predicted octanol–water partition coefficient (Wildman–Crippen LogP) is 5.88. The van der Waals surface area contributed by atoms with E-state index in [1.54, 1.807) is 78.9 Å². The van der Waals surface area contributed by atoms with Gasteiger partial charge in [-0.25, -0.2) is 10.2 Å². The molecule has 4 aromatic carbocycles. The highest BCUT2D eigenvalue weighted by Crippen LogP contribution is 2.23. The summed E-state index contributed by atoms with van der Waals surface area (Å²) in [7, 11) is 0. The SMILES string of the molecule is Cc1ccc(C(=O)Oc2ccc(Cl)cc2/C=N/NC(=O)c2ccc(NC(=O)c3ccccc3)cc2)cc1. The fourth-order valence-electron chi connectivity index (χ4n) is 3.28. The first-order valence-corrected chi connectivity index (χ1v) is 11.6. The lowest BCUT2D eigenvalue weighted by Gasteiger charge is -2.08. The van der Waals surface area contributed by atoms with Gasteiger partial charge >= 0.3 is 5.97 Å². The van der Waals surface area contributed by atoms with Crippen LogP contribution in [0.2, 0.25) is 5.02 Å². The summed E-state index contributed by atoms with van der Waals surface area (Å²) in [6, 6.07) is 26.9. The Balaban J connectivity index is 1.38. The summed E-state index contributed by atoms with van der Waals surface area (Å²) in [4.78, 5) is 37.3. The maximum atomic E-state index is 12.5. The second kappa shape index (κ2) is 11.8. The molecule has 7 nitrogen and oxygen atoms in total. The van der Waals surface area contributed by atoms with Crippen LogP contribution in [0.5, 0.6) is 5.75 Å². The van der Waals surface area contributed by atoms with Crippen molar-refractivity contribution in [2.75, 3.05) is 5.32 Å². The van der Waals surface area contributed by atoms with Gasteiger partial charge in [-0.1, -0.05) is 47.5 Å². The van der Waals surface area contributed by atoms with Crippen LogP contribution in [-0.2, 0) is 0 Å². The molecular formula is C29H22ClN3O4. The van der Waals surface area contributed by atoms with E-state index in [-0.39, 0.29) is 11.7 Å². The fraction of sp³-hybridized carbons (Fsp3) is 0.0345. The van der Waals surface area contributed by atoms with Gasteiger partial charge in [-0.3, -0.25) is 9.59 Å². The van der Waals surface area contributed by atoms with Gasteiger partial charge in [0.15, 0.2) is 0 Å². The summed E-state index contributed by atoms with van der Waals surface area (Å²) >= 11 is 6.10. The Morgan fingerprint density at radius 3 is 2.14 bits per heavy atom. The van der Waals surface area contributed by atoms with Crippen LogP contribution in [0, 0.1) is 6.92 Å². The highest BCUT2D eigenvalue weighted by molar-refractivity contribution is 6.31. The Morgan fingerprint density at radius 2 is 1.43 bits per heavy atom. The maximum absolute atomic E-state index is 12.5. The van der Waals surface area contributed by atoms with Gasteiger partial charge in [0.2, 0.25) is 0 Å². The van der Waals surface area contributed by atoms with Crippen LogP contribution in [0.25, 0.3) is 0 Å². The van der Waals surface area contributed by atoms with Crippen LogP contribution in [0.1, 0.15) is 42.2 Å². The van der Waals surface area contributed by atoms with Gasteiger partial charge in [0.1, 0.15) is 5.75 Å². The molecular weight excluding hydrogens is 490 g/mol. The van der Waals surface area contributed by atoms with E-state index in [4.69, 9.17) is 16.3 Å². The van der Waals surface area contributed by atoms with Crippen LogP contribution < -0.4 is 15.5 Å². The van der Waals surface area contributed by atoms with Crippen molar-refractivity contribution in [3.8, 4) is 5.75 Å². The van der Waals surface area contributed by atoms with E-state index in [1.807, 2.05) is 25.1 Å². The number of hydrazone groups is 1. The largest absolute Gasteiger partial charge is 0.422 e. The van der Waals surface area contributed by atoms with Gasteiger partial charge in [-0.2, -0.15) is 5.10 Å². The van der Waals surface area contributed by atoms with Crippen LogP contribution in [0.4, 0.5) is 5.69 Å². The lowest BCUT2D eigenvalue weighted by Crippen LogP contribution is -2.18. The number of amides is 2. The second-order valence-electron chi connectivity index (χ2n) is 8.03. The number of benzene rings is 4. The molecule has 0 aliphatic heterocycles. The summed E-state index contributed by atoms with van der Waals surface area (Å²) in [6.07, 6.45) is 1.34. The molecule has 0 aliphatic carbocycles. The highest BCUT2D eigenvalue weighted by Gasteiger charge is 2.12. The Bertz CT molecular complexity index is 1450. The predicted molar refractivity (Wildman–Crippen MR) is 143 cm³/mol. The van der Waals surface area contributed by atoms with Crippen molar-refractivity contribution >= 4 is 41.3 Å². The van der Waals surface area contributed by atoms with Crippen LogP contribution >= 0.6 is 11.6 Å². The molecule has 4 rings (SSSR count). The Hall–Kier alpha value is -4.75. The Morgan fingerprint density at radius 1 is 0.784 bits per heavy atom. The molecule has 0 spiro atoms. The quantitative estimate of drug-likeness (QED) is 0.140. The Kier molecular flexibility index (Phi) is 8.08.